The van der Waals surface area contributed by atoms with E-state index in [4.69, 9.17) is 5.11 Å². The van der Waals surface area contributed by atoms with Crippen LogP contribution in [0.2, 0.25) is 0 Å². The van der Waals surface area contributed by atoms with Crippen molar-refractivity contribution in [2.45, 2.75) is 68.4 Å². The Morgan fingerprint density at radius 3 is 1.16 bits per heavy atom. The van der Waals surface area contributed by atoms with Gasteiger partial charge in [-0.05, 0) is 26.3 Å². The standard InChI is InChI=1S/C8H10O.C8H8O.C7H8.3C2H6/c2*1-7(9)8-5-3-2-4-6-8;1-7-5-3-2-4-6-7;3*1-2/h2-7,9H,1H3;2-6H,1H3;2-6H,1H3;3*1-2H3. The van der Waals surface area contributed by atoms with Gasteiger partial charge in [0.15, 0.2) is 5.78 Å². The average molecular weight is 425 g/mol. The highest BCUT2D eigenvalue weighted by molar-refractivity contribution is 5.93. The molecule has 0 heterocycles. The minimum atomic E-state index is -0.341. The van der Waals surface area contributed by atoms with E-state index in [1.54, 1.807) is 13.8 Å². The van der Waals surface area contributed by atoms with Crippen LogP contribution in [0.3, 0.4) is 0 Å². The number of aryl methyl sites for hydroxylation is 1. The van der Waals surface area contributed by atoms with E-state index in [1.165, 1.54) is 5.56 Å². The maximum atomic E-state index is 10.6. The number of aliphatic hydroxyl groups excluding tert-OH is 1. The van der Waals surface area contributed by atoms with Crippen molar-refractivity contribution >= 4 is 5.78 Å². The lowest BCUT2D eigenvalue weighted by molar-refractivity contribution is 0.101. The quantitative estimate of drug-likeness (QED) is 0.418. The van der Waals surface area contributed by atoms with Gasteiger partial charge in [0.05, 0.1) is 6.10 Å². The molecule has 0 radical (unpaired) electrons. The third kappa shape index (κ3) is 20.3. The van der Waals surface area contributed by atoms with Crippen LogP contribution in [-0.2, 0) is 0 Å². The van der Waals surface area contributed by atoms with Crippen molar-refractivity contribution in [1.82, 2.24) is 0 Å². The second kappa shape index (κ2) is 25.3. The van der Waals surface area contributed by atoms with Gasteiger partial charge in [-0.25, -0.2) is 0 Å². The van der Waals surface area contributed by atoms with Crippen LogP contribution >= 0.6 is 0 Å². The molecule has 0 fully saturated rings. The van der Waals surface area contributed by atoms with Gasteiger partial charge in [-0.1, -0.05) is 138 Å². The number of hydrogen-bond acceptors (Lipinski definition) is 2. The lowest BCUT2D eigenvalue weighted by atomic mass is 10.1. The monoisotopic (exact) mass is 424 g/mol. The molecular formula is C29H44O2. The lowest BCUT2D eigenvalue weighted by Gasteiger charge is -2.00. The summed E-state index contributed by atoms with van der Waals surface area (Å²) in [7, 11) is 0. The largest absolute Gasteiger partial charge is 0.389 e. The molecule has 2 heteroatoms. The summed E-state index contributed by atoms with van der Waals surface area (Å²) in [4.78, 5) is 10.6. The highest BCUT2D eigenvalue weighted by Gasteiger charge is 1.95. The van der Waals surface area contributed by atoms with Crippen molar-refractivity contribution in [2.75, 3.05) is 0 Å². The molecule has 3 aromatic rings. The summed E-state index contributed by atoms with van der Waals surface area (Å²) in [6, 6.07) is 29.1. The maximum Gasteiger partial charge on any atom is 0.159 e. The van der Waals surface area contributed by atoms with Crippen molar-refractivity contribution < 1.29 is 9.90 Å². The maximum absolute atomic E-state index is 10.6. The second-order valence-electron chi connectivity index (χ2n) is 5.66. The summed E-state index contributed by atoms with van der Waals surface area (Å²) < 4.78 is 0. The number of Topliss-reactive ketones (excluding diaryl/α,β-unsaturated/α-hetero) is 1. The molecule has 1 atom stereocenters. The van der Waals surface area contributed by atoms with E-state index >= 15 is 0 Å². The first-order valence-electron chi connectivity index (χ1n) is 11.3. The Morgan fingerprint density at radius 1 is 0.645 bits per heavy atom. The Kier molecular flexibility index (Phi) is 26.9. The van der Waals surface area contributed by atoms with E-state index in [2.05, 4.69) is 19.1 Å². The van der Waals surface area contributed by atoms with E-state index in [9.17, 15) is 4.79 Å². The van der Waals surface area contributed by atoms with Crippen LogP contribution in [0.15, 0.2) is 91.0 Å². The first-order chi connectivity index (χ1) is 15.0. The number of hydrogen-bond donors (Lipinski definition) is 1. The number of carbonyl (C=O) groups is 1. The Bertz CT molecular complexity index is 705. The van der Waals surface area contributed by atoms with Crippen molar-refractivity contribution in [2.24, 2.45) is 0 Å². The Balaban J connectivity index is -0.000000340. The van der Waals surface area contributed by atoms with Crippen molar-refractivity contribution in [1.29, 1.82) is 0 Å². The number of benzene rings is 3. The number of rotatable bonds is 2. The number of carbonyl (C=O) groups excluding carboxylic acids is 1. The van der Waals surface area contributed by atoms with Crippen LogP contribution in [0.5, 0.6) is 0 Å². The first kappa shape index (κ1) is 32.9. The van der Waals surface area contributed by atoms with E-state index in [0.717, 1.165) is 11.1 Å². The van der Waals surface area contributed by atoms with Crippen LogP contribution in [0.4, 0.5) is 0 Å². The zero-order valence-corrected chi connectivity index (χ0v) is 21.1. The molecule has 3 rings (SSSR count). The molecule has 0 saturated carbocycles. The molecule has 0 saturated heterocycles. The van der Waals surface area contributed by atoms with Gasteiger partial charge in [-0.3, -0.25) is 4.79 Å². The fourth-order valence-electron chi connectivity index (χ4n) is 1.94. The topological polar surface area (TPSA) is 37.3 Å². The molecule has 0 spiro atoms. The van der Waals surface area contributed by atoms with Crippen LogP contribution < -0.4 is 0 Å². The van der Waals surface area contributed by atoms with Gasteiger partial charge < -0.3 is 5.11 Å². The fourth-order valence-corrected chi connectivity index (χ4v) is 1.94. The molecule has 0 amide bonds. The predicted molar refractivity (Wildman–Crippen MR) is 139 cm³/mol. The third-order valence-electron chi connectivity index (χ3n) is 3.40. The molecular weight excluding hydrogens is 380 g/mol. The molecule has 3 aromatic carbocycles. The Morgan fingerprint density at radius 2 is 0.968 bits per heavy atom. The Hall–Kier alpha value is -2.71. The highest BCUT2D eigenvalue weighted by Crippen LogP contribution is 2.09. The SMILES string of the molecule is CC.CC.CC.CC(=O)c1ccccc1.CC(O)c1ccccc1.Cc1ccccc1. The normalized spacial score (nSPS) is 8.97. The summed E-state index contributed by atoms with van der Waals surface area (Å²) in [5, 5.41) is 9.02. The van der Waals surface area contributed by atoms with Gasteiger partial charge in [-0.15, -0.1) is 0 Å². The summed E-state index contributed by atoms with van der Waals surface area (Å²) in [5.74, 6) is 0.121. The molecule has 1 N–H and O–H groups in total. The molecule has 31 heavy (non-hydrogen) atoms. The molecule has 0 bridgehead atoms. The van der Waals surface area contributed by atoms with Gasteiger partial charge in [0.2, 0.25) is 0 Å². The van der Waals surface area contributed by atoms with Crippen molar-refractivity contribution in [3.05, 3.63) is 108 Å². The van der Waals surface area contributed by atoms with Crippen molar-refractivity contribution in [3.8, 4) is 0 Å². The molecule has 0 aliphatic rings. The molecule has 0 aliphatic carbocycles. The summed E-state index contributed by atoms with van der Waals surface area (Å²) >= 11 is 0. The highest BCUT2D eigenvalue weighted by atomic mass is 16.3. The van der Waals surface area contributed by atoms with E-state index < -0.39 is 0 Å². The molecule has 172 valence electrons. The molecule has 2 nitrogen and oxygen atoms in total. The fraction of sp³-hybridized carbons (Fsp3) is 0.345. The average Bonchev–Trinajstić information content (AvgIpc) is 2.85. The smallest absolute Gasteiger partial charge is 0.159 e. The van der Waals surface area contributed by atoms with Crippen LogP contribution in [0, 0.1) is 6.92 Å². The van der Waals surface area contributed by atoms with Crippen molar-refractivity contribution in [3.63, 3.8) is 0 Å². The molecule has 0 aromatic heterocycles. The van der Waals surface area contributed by atoms with Crippen LogP contribution in [-0.4, -0.2) is 10.9 Å². The van der Waals surface area contributed by atoms with E-state index in [0.29, 0.717) is 0 Å². The summed E-state index contributed by atoms with van der Waals surface area (Å²) in [6.45, 7) is 17.4. The lowest BCUT2D eigenvalue weighted by Crippen LogP contribution is -1.88. The van der Waals surface area contributed by atoms with E-state index in [1.807, 2.05) is 120 Å². The number of aliphatic hydroxyl groups is 1. The minimum absolute atomic E-state index is 0.121. The minimum Gasteiger partial charge on any atom is -0.389 e. The van der Waals surface area contributed by atoms with E-state index in [-0.39, 0.29) is 11.9 Å². The van der Waals surface area contributed by atoms with Crippen LogP contribution in [0.1, 0.15) is 83.0 Å². The van der Waals surface area contributed by atoms with Gasteiger partial charge in [0.1, 0.15) is 0 Å². The summed E-state index contributed by atoms with van der Waals surface area (Å²) in [5.41, 5.74) is 3.07. The Labute approximate surface area is 192 Å². The zero-order chi connectivity index (χ0) is 24.5. The van der Waals surface area contributed by atoms with Gasteiger partial charge >= 0.3 is 0 Å². The summed E-state index contributed by atoms with van der Waals surface area (Å²) in [6.07, 6.45) is -0.341. The zero-order valence-electron chi connectivity index (χ0n) is 21.1. The van der Waals surface area contributed by atoms with Gasteiger partial charge in [-0.2, -0.15) is 0 Å². The predicted octanol–water partition coefficient (Wildman–Crippen LogP) is 8.70. The van der Waals surface area contributed by atoms with Gasteiger partial charge in [0.25, 0.3) is 0 Å². The molecule has 1 unspecified atom stereocenters. The number of ketones is 1. The third-order valence-corrected chi connectivity index (χ3v) is 3.40. The first-order valence-corrected chi connectivity index (χ1v) is 11.3. The molecule has 0 aliphatic heterocycles. The van der Waals surface area contributed by atoms with Crippen LogP contribution in [0.25, 0.3) is 0 Å². The van der Waals surface area contributed by atoms with Gasteiger partial charge in [0, 0.05) is 5.56 Å². The second-order valence-corrected chi connectivity index (χ2v) is 5.66.